The first kappa shape index (κ1) is 23.6. The lowest BCUT2D eigenvalue weighted by molar-refractivity contribution is -0.144. The molecule has 0 bridgehead atoms. The lowest BCUT2D eigenvalue weighted by Crippen LogP contribution is -2.39. The van der Waals surface area contributed by atoms with E-state index in [0.29, 0.717) is 16.8 Å². The molecule has 0 fully saturated rings. The summed E-state index contributed by atoms with van der Waals surface area (Å²) in [5.74, 6) is -1.43. The lowest BCUT2D eigenvalue weighted by atomic mass is 9.77. The van der Waals surface area contributed by atoms with Gasteiger partial charge in [-0.25, -0.2) is 4.39 Å². The molecule has 164 valence electrons. The largest absolute Gasteiger partial charge is 0.466 e. The van der Waals surface area contributed by atoms with Crippen molar-refractivity contribution in [2.45, 2.75) is 59.9 Å². The number of rotatable bonds is 9. The van der Waals surface area contributed by atoms with Gasteiger partial charge in [-0.1, -0.05) is 0 Å². The number of halogens is 1. The summed E-state index contributed by atoms with van der Waals surface area (Å²) in [7, 11) is 0. The highest BCUT2D eigenvalue weighted by atomic mass is 19.1. The van der Waals surface area contributed by atoms with Gasteiger partial charge in [0.15, 0.2) is 0 Å². The van der Waals surface area contributed by atoms with Crippen LogP contribution in [0.5, 0.6) is 0 Å². The van der Waals surface area contributed by atoms with Gasteiger partial charge in [0, 0.05) is 12.5 Å². The summed E-state index contributed by atoms with van der Waals surface area (Å²) in [6.45, 7) is 9.41. The van der Waals surface area contributed by atoms with Crippen molar-refractivity contribution in [3.05, 3.63) is 41.2 Å². The van der Waals surface area contributed by atoms with E-state index in [2.05, 4.69) is 0 Å². The molecule has 30 heavy (non-hydrogen) atoms. The third kappa shape index (κ3) is 4.89. The fraction of sp³-hybridized carbons (Fsp3) is 0.522. The summed E-state index contributed by atoms with van der Waals surface area (Å²) in [5, 5.41) is 0. The van der Waals surface area contributed by atoms with Crippen molar-refractivity contribution in [3.63, 3.8) is 0 Å². The Labute approximate surface area is 177 Å². The topological polar surface area (TPSA) is 72.9 Å². The van der Waals surface area contributed by atoms with Crippen molar-refractivity contribution in [2.24, 2.45) is 5.41 Å². The van der Waals surface area contributed by atoms with E-state index in [1.807, 2.05) is 13.8 Å². The fourth-order valence-electron chi connectivity index (χ4n) is 3.80. The second-order valence-corrected chi connectivity index (χ2v) is 7.72. The summed E-state index contributed by atoms with van der Waals surface area (Å²) in [5.41, 5.74) is 0.718. The first-order valence-corrected chi connectivity index (χ1v) is 10.3. The Bertz CT molecular complexity index is 831. The smallest absolute Gasteiger partial charge is 0.310 e. The number of amides is 1. The standard InChI is InChI=1S/C23H30FNO5/c1-6-29-19(26)12-13-23(5)18(14-20(27)30-7-2)21(25(15(3)4)22(23)28)16-8-10-17(24)11-9-16/h8-11,15H,6-7,12-14H2,1-5H3. The molecule has 1 aromatic rings. The van der Waals surface area contributed by atoms with Crippen LogP contribution in [0.2, 0.25) is 0 Å². The van der Waals surface area contributed by atoms with Gasteiger partial charge in [0.2, 0.25) is 5.91 Å². The molecule has 0 spiro atoms. The maximum absolute atomic E-state index is 13.5. The van der Waals surface area contributed by atoms with Gasteiger partial charge in [0.05, 0.1) is 30.7 Å². The zero-order valence-electron chi connectivity index (χ0n) is 18.3. The molecule has 1 amide bonds. The van der Waals surface area contributed by atoms with E-state index >= 15 is 0 Å². The molecule has 1 aliphatic heterocycles. The van der Waals surface area contributed by atoms with Crippen LogP contribution in [0.25, 0.3) is 5.70 Å². The van der Waals surface area contributed by atoms with E-state index < -0.39 is 23.2 Å². The molecule has 1 aromatic carbocycles. The average molecular weight is 419 g/mol. The first-order chi connectivity index (χ1) is 14.2. The Morgan fingerprint density at radius 3 is 2.17 bits per heavy atom. The molecule has 0 radical (unpaired) electrons. The van der Waals surface area contributed by atoms with Crippen molar-refractivity contribution < 1.29 is 28.2 Å². The first-order valence-electron chi connectivity index (χ1n) is 10.3. The van der Waals surface area contributed by atoms with Gasteiger partial charge in [-0.15, -0.1) is 0 Å². The molecule has 1 aliphatic rings. The zero-order valence-corrected chi connectivity index (χ0v) is 18.3. The number of nitrogens with zero attached hydrogens (tertiary/aromatic N) is 1. The molecule has 0 N–H and O–H groups in total. The number of carbonyl (C=O) groups excluding carboxylic acids is 3. The molecule has 0 aliphatic carbocycles. The molecule has 6 nitrogen and oxygen atoms in total. The molecule has 7 heteroatoms. The van der Waals surface area contributed by atoms with E-state index in [0.717, 1.165) is 0 Å². The minimum absolute atomic E-state index is 0.0467. The van der Waals surface area contributed by atoms with Crippen LogP contribution in [-0.2, 0) is 23.9 Å². The summed E-state index contributed by atoms with van der Waals surface area (Å²) >= 11 is 0. The summed E-state index contributed by atoms with van der Waals surface area (Å²) in [4.78, 5) is 39.6. The predicted molar refractivity (Wildman–Crippen MR) is 111 cm³/mol. The third-order valence-corrected chi connectivity index (χ3v) is 5.28. The Morgan fingerprint density at radius 2 is 1.63 bits per heavy atom. The van der Waals surface area contributed by atoms with E-state index in [1.54, 1.807) is 37.8 Å². The van der Waals surface area contributed by atoms with Crippen LogP contribution < -0.4 is 0 Å². The van der Waals surface area contributed by atoms with Gasteiger partial charge in [-0.3, -0.25) is 14.4 Å². The number of ether oxygens (including phenoxy) is 2. The summed E-state index contributed by atoms with van der Waals surface area (Å²) in [6, 6.07) is 5.63. The second-order valence-electron chi connectivity index (χ2n) is 7.72. The van der Waals surface area contributed by atoms with Gasteiger partial charge in [0.25, 0.3) is 0 Å². The van der Waals surface area contributed by atoms with Crippen LogP contribution in [0.15, 0.2) is 29.8 Å². The predicted octanol–water partition coefficient (Wildman–Crippen LogP) is 4.09. The van der Waals surface area contributed by atoms with Crippen LogP contribution in [0.1, 0.15) is 59.4 Å². The number of esters is 2. The number of benzene rings is 1. The van der Waals surface area contributed by atoms with Crippen LogP contribution >= 0.6 is 0 Å². The Kier molecular flexibility index (Phi) is 7.76. The van der Waals surface area contributed by atoms with Crippen molar-refractivity contribution in [3.8, 4) is 0 Å². The molecule has 1 heterocycles. The third-order valence-electron chi connectivity index (χ3n) is 5.28. The normalized spacial score (nSPS) is 18.9. The second kappa shape index (κ2) is 9.87. The van der Waals surface area contributed by atoms with Crippen LogP contribution in [0.3, 0.4) is 0 Å². The minimum Gasteiger partial charge on any atom is -0.466 e. The van der Waals surface area contributed by atoms with E-state index in [-0.39, 0.29) is 44.4 Å². The van der Waals surface area contributed by atoms with Gasteiger partial charge < -0.3 is 14.4 Å². The number of hydrogen-bond donors (Lipinski definition) is 0. The summed E-state index contributed by atoms with van der Waals surface area (Å²) < 4.78 is 23.7. The Balaban J connectivity index is 2.60. The van der Waals surface area contributed by atoms with Crippen molar-refractivity contribution >= 4 is 23.5 Å². The molecule has 1 atom stereocenters. The maximum Gasteiger partial charge on any atom is 0.310 e. The van der Waals surface area contributed by atoms with Crippen LogP contribution in [-0.4, -0.2) is 42.0 Å². The van der Waals surface area contributed by atoms with E-state index in [4.69, 9.17) is 9.47 Å². The van der Waals surface area contributed by atoms with Crippen molar-refractivity contribution in [1.29, 1.82) is 0 Å². The monoisotopic (exact) mass is 419 g/mol. The van der Waals surface area contributed by atoms with Crippen LogP contribution in [0, 0.1) is 11.2 Å². The van der Waals surface area contributed by atoms with Gasteiger partial charge >= 0.3 is 11.9 Å². The molecule has 0 saturated carbocycles. The Hall–Kier alpha value is -2.70. The maximum atomic E-state index is 13.5. The van der Waals surface area contributed by atoms with Gasteiger partial charge in [-0.05, 0) is 76.4 Å². The Morgan fingerprint density at radius 1 is 1.07 bits per heavy atom. The van der Waals surface area contributed by atoms with Crippen molar-refractivity contribution in [1.82, 2.24) is 4.90 Å². The molecular formula is C23H30FNO5. The highest BCUT2D eigenvalue weighted by molar-refractivity contribution is 6.02. The van der Waals surface area contributed by atoms with Gasteiger partial charge in [0.1, 0.15) is 5.82 Å². The average Bonchev–Trinajstić information content (AvgIpc) is 2.90. The SMILES string of the molecule is CCOC(=O)CCC1(C)C(=O)N(C(C)C)C(c2ccc(F)cc2)=C1CC(=O)OCC. The van der Waals surface area contributed by atoms with Gasteiger partial charge in [-0.2, -0.15) is 0 Å². The fourth-order valence-corrected chi connectivity index (χ4v) is 3.80. The highest BCUT2D eigenvalue weighted by Gasteiger charge is 2.50. The highest BCUT2D eigenvalue weighted by Crippen LogP contribution is 2.49. The summed E-state index contributed by atoms with van der Waals surface area (Å²) in [6.07, 6.45) is 0.160. The molecule has 1 unspecified atom stereocenters. The lowest BCUT2D eigenvalue weighted by Gasteiger charge is -2.29. The number of hydrogen-bond acceptors (Lipinski definition) is 5. The van der Waals surface area contributed by atoms with E-state index in [1.165, 1.54) is 12.1 Å². The van der Waals surface area contributed by atoms with Crippen LogP contribution in [0.4, 0.5) is 4.39 Å². The van der Waals surface area contributed by atoms with Crippen molar-refractivity contribution in [2.75, 3.05) is 13.2 Å². The molecule has 2 rings (SSSR count). The molecule has 0 saturated heterocycles. The minimum atomic E-state index is -1.08. The quantitative estimate of drug-likeness (QED) is 0.564. The van der Waals surface area contributed by atoms with E-state index in [9.17, 15) is 18.8 Å². The number of carbonyl (C=O) groups is 3. The molecule has 0 aromatic heterocycles. The molecular weight excluding hydrogens is 389 g/mol. The zero-order chi connectivity index (χ0) is 22.5.